The van der Waals surface area contributed by atoms with Crippen LogP contribution in [0.15, 0.2) is 29.0 Å². The van der Waals surface area contributed by atoms with Crippen LogP contribution >= 0.6 is 0 Å². The van der Waals surface area contributed by atoms with Crippen LogP contribution in [0.25, 0.3) is 0 Å². The van der Waals surface area contributed by atoms with E-state index in [0.29, 0.717) is 18.9 Å². The number of nitrogens with one attached hydrogen (secondary N) is 1. The van der Waals surface area contributed by atoms with E-state index in [1.54, 1.807) is 6.07 Å². The molecular formula is C11H12N4O3. The van der Waals surface area contributed by atoms with Crippen molar-refractivity contribution in [3.63, 3.8) is 0 Å². The van der Waals surface area contributed by atoms with Gasteiger partial charge in [-0.2, -0.15) is 4.98 Å². The third-order valence-corrected chi connectivity index (χ3v) is 2.49. The minimum absolute atomic E-state index is 0.0703. The lowest BCUT2D eigenvalue weighted by atomic mass is 10.2. The number of nitro groups is 1. The third-order valence-electron chi connectivity index (χ3n) is 2.49. The van der Waals surface area contributed by atoms with Gasteiger partial charge in [-0.05, 0) is 12.5 Å². The summed E-state index contributed by atoms with van der Waals surface area (Å²) < 4.78 is 4.85. The molecule has 0 aliphatic heterocycles. The molecule has 1 aromatic heterocycles. The molecule has 0 aliphatic rings. The van der Waals surface area contributed by atoms with E-state index in [9.17, 15) is 10.1 Å². The van der Waals surface area contributed by atoms with Crippen molar-refractivity contribution in [3.8, 4) is 0 Å². The number of hydrogen-bond acceptors (Lipinski definition) is 6. The summed E-state index contributed by atoms with van der Waals surface area (Å²) >= 11 is 0. The summed E-state index contributed by atoms with van der Waals surface area (Å²) in [5.74, 6) is 0.533. The van der Waals surface area contributed by atoms with Gasteiger partial charge in [0.15, 0.2) is 6.33 Å². The number of aryl methyl sites for hydroxylation is 1. The Labute approximate surface area is 103 Å². The number of benzene rings is 1. The van der Waals surface area contributed by atoms with Gasteiger partial charge in [-0.3, -0.25) is 10.1 Å². The van der Waals surface area contributed by atoms with E-state index >= 15 is 0 Å². The fraction of sp³-hybridized carbons (Fsp3) is 0.273. The predicted octanol–water partition coefficient (Wildman–Crippen LogP) is 1.94. The van der Waals surface area contributed by atoms with Crippen LogP contribution in [-0.2, 0) is 6.42 Å². The van der Waals surface area contributed by atoms with Crippen LogP contribution in [0.4, 0.5) is 11.4 Å². The molecule has 1 heterocycles. The Morgan fingerprint density at radius 2 is 2.33 bits per heavy atom. The van der Waals surface area contributed by atoms with Gasteiger partial charge in [-0.15, -0.1) is 0 Å². The molecular weight excluding hydrogens is 236 g/mol. The predicted molar refractivity (Wildman–Crippen MR) is 64.3 cm³/mol. The third kappa shape index (κ3) is 2.82. The molecule has 0 aliphatic carbocycles. The van der Waals surface area contributed by atoms with Crippen molar-refractivity contribution >= 4 is 11.4 Å². The highest BCUT2D eigenvalue weighted by atomic mass is 16.6. The molecule has 7 nitrogen and oxygen atoms in total. The van der Waals surface area contributed by atoms with Gasteiger partial charge in [0.05, 0.1) is 4.92 Å². The topological polar surface area (TPSA) is 94.1 Å². The van der Waals surface area contributed by atoms with Crippen LogP contribution < -0.4 is 5.32 Å². The van der Waals surface area contributed by atoms with Gasteiger partial charge >= 0.3 is 0 Å². The van der Waals surface area contributed by atoms with E-state index in [0.717, 1.165) is 11.3 Å². The van der Waals surface area contributed by atoms with Crippen LogP contribution in [0.3, 0.4) is 0 Å². The quantitative estimate of drug-likeness (QED) is 0.641. The Balaban J connectivity index is 2.00. The van der Waals surface area contributed by atoms with Crippen LogP contribution in [-0.4, -0.2) is 21.6 Å². The SMILES string of the molecule is Cc1ccc([N+](=O)[O-])cc1NCCc1ncno1. The average molecular weight is 248 g/mol. The molecule has 0 radical (unpaired) electrons. The molecule has 0 spiro atoms. The second kappa shape index (κ2) is 5.26. The molecule has 0 saturated carbocycles. The first-order valence-electron chi connectivity index (χ1n) is 5.41. The van der Waals surface area contributed by atoms with Gasteiger partial charge in [0.2, 0.25) is 5.89 Å². The van der Waals surface area contributed by atoms with Crippen LogP contribution in [0, 0.1) is 17.0 Å². The van der Waals surface area contributed by atoms with Gasteiger partial charge in [-0.1, -0.05) is 11.2 Å². The molecule has 0 atom stereocenters. The zero-order chi connectivity index (χ0) is 13.0. The molecule has 1 N–H and O–H groups in total. The Kier molecular flexibility index (Phi) is 3.52. The highest BCUT2D eigenvalue weighted by Crippen LogP contribution is 2.21. The van der Waals surface area contributed by atoms with Crippen molar-refractivity contribution in [1.29, 1.82) is 0 Å². The number of aromatic nitrogens is 2. The number of non-ortho nitro benzene ring substituents is 1. The summed E-state index contributed by atoms with van der Waals surface area (Å²) in [5.41, 5.74) is 1.76. The summed E-state index contributed by atoms with van der Waals surface area (Å²) in [7, 11) is 0. The Bertz CT molecular complexity index is 539. The van der Waals surface area contributed by atoms with E-state index in [2.05, 4.69) is 15.5 Å². The van der Waals surface area contributed by atoms with Crippen molar-refractivity contribution in [3.05, 3.63) is 46.1 Å². The monoisotopic (exact) mass is 248 g/mol. The molecule has 1 aromatic carbocycles. The van der Waals surface area contributed by atoms with Crippen LogP contribution in [0.1, 0.15) is 11.5 Å². The smallest absolute Gasteiger partial charge is 0.271 e. The summed E-state index contributed by atoms with van der Waals surface area (Å²) in [6, 6.07) is 4.72. The largest absolute Gasteiger partial charge is 0.384 e. The summed E-state index contributed by atoms with van der Waals surface area (Å²) in [6.45, 7) is 2.46. The van der Waals surface area contributed by atoms with E-state index in [1.807, 2.05) is 6.92 Å². The molecule has 7 heteroatoms. The van der Waals surface area contributed by atoms with Gasteiger partial charge in [0.1, 0.15) is 0 Å². The van der Waals surface area contributed by atoms with Gasteiger partial charge in [0.25, 0.3) is 5.69 Å². The van der Waals surface area contributed by atoms with E-state index < -0.39 is 4.92 Å². The van der Waals surface area contributed by atoms with E-state index in [-0.39, 0.29) is 5.69 Å². The number of rotatable bonds is 5. The highest BCUT2D eigenvalue weighted by molar-refractivity contribution is 5.56. The number of nitrogens with zero attached hydrogens (tertiary/aromatic N) is 3. The fourth-order valence-corrected chi connectivity index (χ4v) is 1.52. The van der Waals surface area contributed by atoms with Crippen molar-refractivity contribution in [1.82, 2.24) is 10.1 Å². The highest BCUT2D eigenvalue weighted by Gasteiger charge is 2.08. The molecule has 2 rings (SSSR count). The Morgan fingerprint density at radius 3 is 3.00 bits per heavy atom. The van der Waals surface area contributed by atoms with Gasteiger partial charge < -0.3 is 9.84 Å². The lowest BCUT2D eigenvalue weighted by Gasteiger charge is -2.07. The second-order valence-corrected chi connectivity index (χ2v) is 3.77. The lowest BCUT2D eigenvalue weighted by molar-refractivity contribution is -0.384. The van der Waals surface area contributed by atoms with Crippen molar-refractivity contribution in [2.45, 2.75) is 13.3 Å². The zero-order valence-electron chi connectivity index (χ0n) is 9.79. The summed E-state index contributed by atoms with van der Waals surface area (Å²) in [4.78, 5) is 14.1. The first-order chi connectivity index (χ1) is 8.66. The van der Waals surface area contributed by atoms with Crippen molar-refractivity contribution < 1.29 is 9.45 Å². The number of hydrogen-bond donors (Lipinski definition) is 1. The summed E-state index contributed by atoms with van der Waals surface area (Å²) in [5, 5.41) is 17.3. The standard InChI is InChI=1S/C11H12N4O3/c1-8-2-3-9(15(16)17)6-10(8)12-5-4-11-13-7-14-18-11/h2-3,6-7,12H,4-5H2,1H3. The molecule has 0 unspecified atom stereocenters. The molecule has 0 amide bonds. The van der Waals surface area contributed by atoms with E-state index in [1.165, 1.54) is 18.5 Å². The first kappa shape index (κ1) is 12.0. The lowest BCUT2D eigenvalue weighted by Crippen LogP contribution is -2.06. The minimum Gasteiger partial charge on any atom is -0.384 e. The molecule has 0 saturated heterocycles. The zero-order valence-corrected chi connectivity index (χ0v) is 9.79. The van der Waals surface area contributed by atoms with Crippen LogP contribution in [0.5, 0.6) is 0 Å². The fourth-order valence-electron chi connectivity index (χ4n) is 1.52. The normalized spacial score (nSPS) is 10.3. The maximum atomic E-state index is 10.7. The molecule has 18 heavy (non-hydrogen) atoms. The first-order valence-corrected chi connectivity index (χ1v) is 5.41. The molecule has 94 valence electrons. The number of anilines is 1. The molecule has 0 bridgehead atoms. The van der Waals surface area contributed by atoms with E-state index in [4.69, 9.17) is 4.52 Å². The van der Waals surface area contributed by atoms with Crippen molar-refractivity contribution in [2.75, 3.05) is 11.9 Å². The molecule has 0 fully saturated rings. The second-order valence-electron chi connectivity index (χ2n) is 3.77. The van der Waals surface area contributed by atoms with Crippen LogP contribution in [0.2, 0.25) is 0 Å². The number of nitro benzene ring substituents is 1. The maximum Gasteiger partial charge on any atom is 0.271 e. The van der Waals surface area contributed by atoms with Crippen molar-refractivity contribution in [2.24, 2.45) is 0 Å². The summed E-state index contributed by atoms with van der Waals surface area (Å²) in [6.07, 6.45) is 1.91. The molecule has 2 aromatic rings. The Morgan fingerprint density at radius 1 is 1.50 bits per heavy atom. The maximum absolute atomic E-state index is 10.7. The van der Waals surface area contributed by atoms with Gasteiger partial charge in [0, 0.05) is 30.8 Å². The Hall–Kier alpha value is -2.44. The average Bonchev–Trinajstić information content (AvgIpc) is 2.84. The minimum atomic E-state index is -0.414. The van der Waals surface area contributed by atoms with Gasteiger partial charge in [-0.25, -0.2) is 0 Å².